The predicted molar refractivity (Wildman–Crippen MR) is 57.6 cm³/mol. The lowest BCUT2D eigenvalue weighted by Crippen LogP contribution is -2.35. The molecule has 90 valence electrons. The summed E-state index contributed by atoms with van der Waals surface area (Å²) < 4.78 is 26.3. The maximum atomic E-state index is 11.7. The van der Waals surface area contributed by atoms with E-state index < -0.39 is 10.0 Å². The van der Waals surface area contributed by atoms with E-state index >= 15 is 0 Å². The molecule has 1 aromatic rings. The van der Waals surface area contributed by atoms with Crippen molar-refractivity contribution in [2.75, 3.05) is 18.8 Å². The van der Waals surface area contributed by atoms with Gasteiger partial charge in [0.15, 0.2) is 0 Å². The first-order valence-corrected chi connectivity index (χ1v) is 6.77. The van der Waals surface area contributed by atoms with Crippen LogP contribution in [0.2, 0.25) is 0 Å². The first-order chi connectivity index (χ1) is 7.54. The second-order valence-corrected chi connectivity index (χ2v) is 5.90. The fraction of sp³-hybridized carbons (Fsp3) is 0.750. The molecule has 0 amide bonds. The van der Waals surface area contributed by atoms with E-state index in [1.54, 1.807) is 6.92 Å². The third-order valence-corrected chi connectivity index (χ3v) is 4.63. The minimum absolute atomic E-state index is 0.0890. The van der Waals surface area contributed by atoms with Gasteiger partial charge in [-0.3, -0.25) is 4.57 Å². The standard InChI is InChI=1S/C8H14N4O3S/c1-2-16(14,15)11-4-3-7-9-10-8(13)12(7)6-5-11/h2-6H2,1H3,(H,10,13). The highest BCUT2D eigenvalue weighted by Gasteiger charge is 2.24. The van der Waals surface area contributed by atoms with Crippen LogP contribution in [0.1, 0.15) is 12.7 Å². The van der Waals surface area contributed by atoms with E-state index in [0.29, 0.717) is 31.9 Å². The van der Waals surface area contributed by atoms with Gasteiger partial charge in [0.25, 0.3) is 0 Å². The van der Waals surface area contributed by atoms with Crippen LogP contribution in [0.5, 0.6) is 0 Å². The predicted octanol–water partition coefficient (Wildman–Crippen LogP) is -1.22. The molecular formula is C8H14N4O3S. The molecule has 0 saturated carbocycles. The van der Waals surface area contributed by atoms with E-state index in [9.17, 15) is 13.2 Å². The average molecular weight is 246 g/mol. The molecule has 2 rings (SSSR count). The van der Waals surface area contributed by atoms with Gasteiger partial charge in [-0.1, -0.05) is 0 Å². The molecule has 0 atom stereocenters. The zero-order valence-corrected chi connectivity index (χ0v) is 9.83. The Morgan fingerprint density at radius 1 is 1.38 bits per heavy atom. The van der Waals surface area contributed by atoms with Crippen molar-refractivity contribution in [1.82, 2.24) is 19.1 Å². The largest absolute Gasteiger partial charge is 0.343 e. The van der Waals surface area contributed by atoms with Crippen molar-refractivity contribution in [3.05, 3.63) is 16.3 Å². The highest BCUT2D eigenvalue weighted by atomic mass is 32.2. The lowest BCUT2D eigenvalue weighted by Gasteiger charge is -2.18. The van der Waals surface area contributed by atoms with Gasteiger partial charge < -0.3 is 0 Å². The van der Waals surface area contributed by atoms with Crippen LogP contribution in [0.25, 0.3) is 0 Å². The number of nitrogens with one attached hydrogen (secondary N) is 1. The van der Waals surface area contributed by atoms with Crippen LogP contribution >= 0.6 is 0 Å². The van der Waals surface area contributed by atoms with Crippen LogP contribution in [0.15, 0.2) is 4.79 Å². The minimum Gasteiger partial charge on any atom is -0.278 e. The molecule has 7 nitrogen and oxygen atoms in total. The quantitative estimate of drug-likeness (QED) is 0.708. The summed E-state index contributed by atoms with van der Waals surface area (Å²) >= 11 is 0. The molecule has 0 unspecified atom stereocenters. The number of fused-ring (bicyclic) bond motifs is 1. The summed E-state index contributed by atoms with van der Waals surface area (Å²) in [6.45, 7) is 2.71. The van der Waals surface area contributed by atoms with Gasteiger partial charge >= 0.3 is 5.69 Å². The molecule has 0 bridgehead atoms. The van der Waals surface area contributed by atoms with Gasteiger partial charge in [-0.25, -0.2) is 18.3 Å². The van der Waals surface area contributed by atoms with Crippen molar-refractivity contribution >= 4 is 10.0 Å². The van der Waals surface area contributed by atoms with E-state index in [0.717, 1.165) is 0 Å². The molecule has 0 aromatic carbocycles. The number of hydrogen-bond donors (Lipinski definition) is 1. The monoisotopic (exact) mass is 246 g/mol. The summed E-state index contributed by atoms with van der Waals surface area (Å²) in [7, 11) is -3.17. The third kappa shape index (κ3) is 1.90. The van der Waals surface area contributed by atoms with Crippen LogP contribution in [0.3, 0.4) is 0 Å². The molecule has 2 heterocycles. The fourth-order valence-corrected chi connectivity index (χ4v) is 2.87. The van der Waals surface area contributed by atoms with E-state index in [-0.39, 0.29) is 11.4 Å². The van der Waals surface area contributed by atoms with Crippen molar-refractivity contribution in [2.24, 2.45) is 0 Å². The van der Waals surface area contributed by atoms with Crippen LogP contribution in [-0.2, 0) is 23.0 Å². The highest BCUT2D eigenvalue weighted by Crippen LogP contribution is 2.08. The Morgan fingerprint density at radius 3 is 2.81 bits per heavy atom. The van der Waals surface area contributed by atoms with Crippen molar-refractivity contribution in [1.29, 1.82) is 0 Å². The Morgan fingerprint density at radius 2 is 2.12 bits per heavy atom. The minimum atomic E-state index is -3.17. The molecule has 1 aliphatic heterocycles. The number of aromatic amines is 1. The molecule has 0 radical (unpaired) electrons. The van der Waals surface area contributed by atoms with Crippen molar-refractivity contribution < 1.29 is 8.42 Å². The number of nitrogens with zero attached hydrogens (tertiary/aromatic N) is 3. The maximum Gasteiger partial charge on any atom is 0.343 e. The van der Waals surface area contributed by atoms with Gasteiger partial charge in [0.2, 0.25) is 10.0 Å². The van der Waals surface area contributed by atoms with Gasteiger partial charge in [-0.2, -0.15) is 9.40 Å². The third-order valence-electron chi connectivity index (χ3n) is 2.75. The SMILES string of the molecule is CCS(=O)(=O)N1CCc2n[nH]c(=O)n2CC1. The highest BCUT2D eigenvalue weighted by molar-refractivity contribution is 7.89. The molecule has 1 aromatic heterocycles. The number of hydrogen-bond acceptors (Lipinski definition) is 4. The number of H-pyrrole nitrogens is 1. The van der Waals surface area contributed by atoms with Gasteiger partial charge in [-0.05, 0) is 6.92 Å². The zero-order valence-electron chi connectivity index (χ0n) is 9.01. The van der Waals surface area contributed by atoms with Crippen molar-refractivity contribution in [3.8, 4) is 0 Å². The molecule has 16 heavy (non-hydrogen) atoms. The zero-order chi connectivity index (χ0) is 11.8. The van der Waals surface area contributed by atoms with Crippen LogP contribution in [0, 0.1) is 0 Å². The molecule has 0 spiro atoms. The Balaban J connectivity index is 2.23. The molecule has 8 heteroatoms. The maximum absolute atomic E-state index is 11.7. The summed E-state index contributed by atoms with van der Waals surface area (Å²) in [4.78, 5) is 11.3. The summed E-state index contributed by atoms with van der Waals surface area (Å²) in [5.41, 5.74) is -0.272. The first-order valence-electron chi connectivity index (χ1n) is 5.16. The molecule has 1 N–H and O–H groups in total. The second kappa shape index (κ2) is 4.02. The Kier molecular flexibility index (Phi) is 2.85. The number of sulfonamides is 1. The molecule has 0 fully saturated rings. The van der Waals surface area contributed by atoms with Gasteiger partial charge in [0.1, 0.15) is 5.82 Å². The van der Waals surface area contributed by atoms with Crippen LogP contribution in [-0.4, -0.2) is 46.3 Å². The van der Waals surface area contributed by atoms with Gasteiger partial charge in [0.05, 0.1) is 5.75 Å². The Bertz CT molecular complexity index is 530. The normalized spacial score (nSPS) is 18.1. The fourth-order valence-electron chi connectivity index (χ4n) is 1.78. The van der Waals surface area contributed by atoms with E-state index in [1.165, 1.54) is 8.87 Å². The topological polar surface area (TPSA) is 88.1 Å². The van der Waals surface area contributed by atoms with Gasteiger partial charge in [-0.15, -0.1) is 0 Å². The van der Waals surface area contributed by atoms with Crippen LogP contribution in [0.4, 0.5) is 0 Å². The van der Waals surface area contributed by atoms with Crippen molar-refractivity contribution in [3.63, 3.8) is 0 Å². The summed E-state index contributed by atoms with van der Waals surface area (Å²) in [5.74, 6) is 0.713. The number of aromatic nitrogens is 3. The second-order valence-electron chi connectivity index (χ2n) is 3.65. The molecule has 0 aliphatic carbocycles. The van der Waals surface area contributed by atoms with E-state index in [1.807, 2.05) is 0 Å². The lowest BCUT2D eigenvalue weighted by molar-refractivity contribution is 0.413. The molecule has 0 saturated heterocycles. The van der Waals surface area contributed by atoms with Crippen molar-refractivity contribution in [2.45, 2.75) is 19.9 Å². The summed E-state index contributed by atoms with van der Waals surface area (Å²) in [6, 6.07) is 0. The lowest BCUT2D eigenvalue weighted by atomic mass is 10.4. The smallest absolute Gasteiger partial charge is 0.278 e. The summed E-state index contributed by atoms with van der Waals surface area (Å²) in [5, 5.41) is 6.23. The van der Waals surface area contributed by atoms with E-state index in [2.05, 4.69) is 10.2 Å². The first kappa shape index (κ1) is 11.3. The van der Waals surface area contributed by atoms with E-state index in [4.69, 9.17) is 0 Å². The summed E-state index contributed by atoms with van der Waals surface area (Å²) in [6.07, 6.45) is 0.470. The Hall–Kier alpha value is -1.15. The Labute approximate surface area is 93.1 Å². The average Bonchev–Trinajstić information content (AvgIpc) is 2.51. The molecule has 1 aliphatic rings. The van der Waals surface area contributed by atoms with Crippen LogP contribution < -0.4 is 5.69 Å². The van der Waals surface area contributed by atoms with Gasteiger partial charge in [0, 0.05) is 26.1 Å². The molecular weight excluding hydrogens is 232 g/mol. The number of rotatable bonds is 2.